The fraction of sp³-hybridized carbons (Fsp3) is 0.385. The molecule has 0 unspecified atom stereocenters. The lowest BCUT2D eigenvalue weighted by Crippen LogP contribution is -2.41. The summed E-state index contributed by atoms with van der Waals surface area (Å²) in [6.07, 6.45) is -0.217. The molecule has 1 fully saturated rings. The number of piperidine rings is 1. The minimum Gasteiger partial charge on any atom is -0.492 e. The summed E-state index contributed by atoms with van der Waals surface area (Å²) in [5, 5.41) is 5.82. The highest BCUT2D eigenvalue weighted by Gasteiger charge is 2.33. The number of nitrogens with zero attached hydrogens (tertiary/aromatic N) is 2. The maximum Gasteiger partial charge on any atom is 0.250 e. The zero-order chi connectivity index (χ0) is 25.7. The lowest BCUT2D eigenvalue weighted by Gasteiger charge is -2.31. The van der Waals surface area contributed by atoms with E-state index in [9.17, 15) is 13.6 Å². The summed E-state index contributed by atoms with van der Waals surface area (Å²) >= 11 is 1.43. The number of likely N-dealkylation sites (tertiary alicyclic amines) is 1. The summed E-state index contributed by atoms with van der Waals surface area (Å²) in [4.78, 5) is 18.3. The Labute approximate surface area is 213 Å². The van der Waals surface area contributed by atoms with Gasteiger partial charge in [0.05, 0.1) is 17.5 Å². The van der Waals surface area contributed by atoms with E-state index in [1.165, 1.54) is 11.3 Å². The Morgan fingerprint density at radius 1 is 1.19 bits per heavy atom. The standard InChI is InChI=1S/C26H30F2N4O3S/c1-17(2)35-23-8-5-19(24(29)33)15-21(23)30-25-31-22(16-36-25)18-3-6-20(7-4-18)34-14-13-32-11-9-26(27,28)10-12-32/h3-8,15-17H,9-14H2,1-2H3,(H2,29,33)(H,30,31). The van der Waals surface area contributed by atoms with Crippen molar-refractivity contribution >= 4 is 28.1 Å². The van der Waals surface area contributed by atoms with Crippen LogP contribution in [-0.2, 0) is 0 Å². The quantitative estimate of drug-likeness (QED) is 0.367. The van der Waals surface area contributed by atoms with Gasteiger partial charge in [-0.2, -0.15) is 0 Å². The predicted molar refractivity (Wildman–Crippen MR) is 138 cm³/mol. The number of hydrogen-bond acceptors (Lipinski definition) is 7. The highest BCUT2D eigenvalue weighted by atomic mass is 32.1. The molecule has 0 radical (unpaired) electrons. The summed E-state index contributed by atoms with van der Waals surface area (Å²) in [6.45, 7) is 5.71. The molecule has 0 spiro atoms. The van der Waals surface area contributed by atoms with Crippen LogP contribution in [0.2, 0.25) is 0 Å². The Bertz CT molecular complexity index is 1170. The summed E-state index contributed by atoms with van der Waals surface area (Å²) in [7, 11) is 0. The largest absolute Gasteiger partial charge is 0.492 e. The minimum atomic E-state index is -2.53. The Hall–Kier alpha value is -3.24. The second-order valence-corrected chi connectivity index (χ2v) is 9.83. The molecule has 1 aliphatic heterocycles. The van der Waals surface area contributed by atoms with Gasteiger partial charge in [-0.3, -0.25) is 9.69 Å². The van der Waals surface area contributed by atoms with E-state index in [1.54, 1.807) is 18.2 Å². The van der Waals surface area contributed by atoms with Gasteiger partial charge in [0.1, 0.15) is 18.1 Å². The number of nitrogens with two attached hydrogens (primary N) is 1. The van der Waals surface area contributed by atoms with Gasteiger partial charge in [0, 0.05) is 49.0 Å². The molecule has 0 bridgehead atoms. The molecule has 4 rings (SSSR count). The summed E-state index contributed by atoms with van der Waals surface area (Å²) < 4.78 is 38.2. The van der Waals surface area contributed by atoms with Crippen molar-refractivity contribution in [2.24, 2.45) is 5.73 Å². The number of ether oxygens (including phenoxy) is 2. The molecule has 1 aliphatic rings. The molecule has 0 saturated carbocycles. The molecule has 2 heterocycles. The molecule has 2 aromatic carbocycles. The Kier molecular flexibility index (Phi) is 8.05. The first kappa shape index (κ1) is 25.8. The number of thiazole rings is 1. The first-order valence-electron chi connectivity index (χ1n) is 11.8. The molecule has 7 nitrogen and oxygen atoms in total. The van der Waals surface area contributed by atoms with Crippen LogP contribution < -0.4 is 20.5 Å². The van der Waals surface area contributed by atoms with Crippen molar-refractivity contribution in [3.05, 3.63) is 53.4 Å². The van der Waals surface area contributed by atoms with Crippen LogP contribution in [0.5, 0.6) is 11.5 Å². The van der Waals surface area contributed by atoms with Crippen LogP contribution >= 0.6 is 11.3 Å². The Morgan fingerprint density at radius 3 is 2.58 bits per heavy atom. The molecule has 192 valence electrons. The highest BCUT2D eigenvalue weighted by Crippen LogP contribution is 2.33. The SMILES string of the molecule is CC(C)Oc1ccc(C(N)=O)cc1Nc1nc(-c2ccc(OCCN3CCC(F)(F)CC3)cc2)cs1. The second kappa shape index (κ2) is 11.2. The first-order chi connectivity index (χ1) is 17.2. The smallest absolute Gasteiger partial charge is 0.250 e. The number of halogens is 2. The number of primary amides is 1. The first-order valence-corrected chi connectivity index (χ1v) is 12.7. The fourth-order valence-electron chi connectivity index (χ4n) is 3.83. The van der Waals surface area contributed by atoms with Gasteiger partial charge < -0.3 is 20.5 Å². The van der Waals surface area contributed by atoms with E-state index in [2.05, 4.69) is 10.3 Å². The van der Waals surface area contributed by atoms with E-state index in [1.807, 2.05) is 48.4 Å². The number of nitrogens with one attached hydrogen (secondary N) is 1. The molecule has 1 amide bonds. The highest BCUT2D eigenvalue weighted by molar-refractivity contribution is 7.14. The van der Waals surface area contributed by atoms with Crippen molar-refractivity contribution in [3.8, 4) is 22.8 Å². The average Bonchev–Trinajstić information content (AvgIpc) is 3.30. The molecule has 3 aromatic rings. The minimum absolute atomic E-state index is 0.0397. The summed E-state index contributed by atoms with van der Waals surface area (Å²) in [5.41, 5.74) is 8.14. The number of aromatic nitrogens is 1. The van der Waals surface area contributed by atoms with Crippen LogP contribution in [0, 0.1) is 0 Å². The molecule has 1 saturated heterocycles. The van der Waals surface area contributed by atoms with Crippen LogP contribution in [0.3, 0.4) is 0 Å². The van der Waals surface area contributed by atoms with Gasteiger partial charge in [-0.1, -0.05) is 0 Å². The maximum atomic E-state index is 13.3. The number of alkyl halides is 2. The number of carbonyl (C=O) groups is 1. The third-order valence-corrected chi connectivity index (χ3v) is 6.54. The number of amides is 1. The van der Waals surface area contributed by atoms with E-state index >= 15 is 0 Å². The third kappa shape index (κ3) is 6.92. The monoisotopic (exact) mass is 516 g/mol. The van der Waals surface area contributed by atoms with E-state index in [0.29, 0.717) is 54.1 Å². The molecule has 0 atom stereocenters. The third-order valence-electron chi connectivity index (χ3n) is 5.79. The fourth-order valence-corrected chi connectivity index (χ4v) is 4.57. The van der Waals surface area contributed by atoms with Gasteiger partial charge in [0.15, 0.2) is 5.13 Å². The van der Waals surface area contributed by atoms with E-state index in [0.717, 1.165) is 11.3 Å². The zero-order valence-electron chi connectivity index (χ0n) is 20.3. The summed E-state index contributed by atoms with van der Waals surface area (Å²) in [6, 6.07) is 12.6. The molecule has 3 N–H and O–H groups in total. The van der Waals surface area contributed by atoms with E-state index in [4.69, 9.17) is 15.2 Å². The van der Waals surface area contributed by atoms with Crippen molar-refractivity contribution in [1.29, 1.82) is 0 Å². The topological polar surface area (TPSA) is 89.7 Å². The zero-order valence-corrected chi connectivity index (χ0v) is 21.1. The number of carbonyl (C=O) groups excluding carboxylic acids is 1. The van der Waals surface area contributed by atoms with Gasteiger partial charge in [0.25, 0.3) is 5.92 Å². The van der Waals surface area contributed by atoms with Crippen molar-refractivity contribution in [3.63, 3.8) is 0 Å². The van der Waals surface area contributed by atoms with Crippen LogP contribution in [0.4, 0.5) is 19.6 Å². The van der Waals surface area contributed by atoms with Crippen molar-refractivity contribution in [1.82, 2.24) is 9.88 Å². The second-order valence-electron chi connectivity index (χ2n) is 8.98. The normalized spacial score (nSPS) is 15.6. The van der Waals surface area contributed by atoms with E-state index in [-0.39, 0.29) is 18.9 Å². The molecule has 0 aliphatic carbocycles. The van der Waals surface area contributed by atoms with Crippen molar-refractivity contribution in [2.45, 2.75) is 38.7 Å². The maximum absolute atomic E-state index is 13.3. The van der Waals surface area contributed by atoms with Crippen LogP contribution in [0.1, 0.15) is 37.0 Å². The molecule has 1 aromatic heterocycles. The van der Waals surface area contributed by atoms with Crippen molar-refractivity contribution < 1.29 is 23.0 Å². The van der Waals surface area contributed by atoms with Crippen LogP contribution in [0.15, 0.2) is 47.8 Å². The van der Waals surface area contributed by atoms with Gasteiger partial charge in [-0.05, 0) is 56.3 Å². The number of benzene rings is 2. The van der Waals surface area contributed by atoms with Crippen LogP contribution in [0.25, 0.3) is 11.3 Å². The van der Waals surface area contributed by atoms with Gasteiger partial charge in [0.2, 0.25) is 5.91 Å². The van der Waals surface area contributed by atoms with Crippen LogP contribution in [-0.4, -0.2) is 54.1 Å². The van der Waals surface area contributed by atoms with Gasteiger partial charge in [-0.25, -0.2) is 13.8 Å². The van der Waals surface area contributed by atoms with Gasteiger partial charge in [-0.15, -0.1) is 11.3 Å². The molecule has 36 heavy (non-hydrogen) atoms. The Morgan fingerprint density at radius 2 is 1.92 bits per heavy atom. The van der Waals surface area contributed by atoms with Crippen molar-refractivity contribution in [2.75, 3.05) is 31.6 Å². The molecule has 10 heteroatoms. The lowest BCUT2D eigenvalue weighted by atomic mass is 10.1. The average molecular weight is 517 g/mol. The Balaban J connectivity index is 1.35. The number of rotatable bonds is 10. The lowest BCUT2D eigenvalue weighted by molar-refractivity contribution is -0.0564. The predicted octanol–water partition coefficient (Wildman–Crippen LogP) is 5.55. The molecular weight excluding hydrogens is 486 g/mol. The van der Waals surface area contributed by atoms with Gasteiger partial charge >= 0.3 is 0 Å². The summed E-state index contributed by atoms with van der Waals surface area (Å²) in [5.74, 6) is -1.73. The number of hydrogen-bond donors (Lipinski definition) is 2. The number of anilines is 2. The van der Waals surface area contributed by atoms with E-state index < -0.39 is 11.8 Å². The molecular formula is C26H30F2N4O3S.